The predicted octanol–water partition coefficient (Wildman–Crippen LogP) is 2.90. The first-order chi connectivity index (χ1) is 13.6. The zero-order valence-electron chi connectivity index (χ0n) is 16.7. The summed E-state index contributed by atoms with van der Waals surface area (Å²) in [6.45, 7) is 1.05. The third-order valence-electron chi connectivity index (χ3n) is 7.38. The van der Waals surface area contributed by atoms with Crippen LogP contribution in [0.2, 0.25) is 0 Å². The summed E-state index contributed by atoms with van der Waals surface area (Å²) >= 11 is 0. The fraction of sp³-hybridized carbons (Fsp3) is 0.818. The smallest absolute Gasteiger partial charge is 0.233 e. The van der Waals surface area contributed by atoms with Crippen LogP contribution in [-0.4, -0.2) is 46.5 Å². The van der Waals surface area contributed by atoms with Gasteiger partial charge in [-0.05, 0) is 38.5 Å². The van der Waals surface area contributed by atoms with E-state index in [0.29, 0.717) is 13.1 Å². The molecule has 0 bridgehead atoms. The Bertz CT molecular complexity index is 557. The van der Waals surface area contributed by atoms with Gasteiger partial charge >= 0.3 is 0 Å². The zero-order valence-corrected chi connectivity index (χ0v) is 16.7. The number of hydrogen-bond donors (Lipinski definition) is 0. The predicted molar refractivity (Wildman–Crippen MR) is 103 cm³/mol. The van der Waals surface area contributed by atoms with E-state index in [1.54, 1.807) is 0 Å². The molecular weight excluding hydrogens is 356 g/mol. The third kappa shape index (κ3) is 3.50. The molecule has 28 heavy (non-hydrogen) atoms. The lowest BCUT2D eigenvalue weighted by Gasteiger charge is -2.19. The van der Waals surface area contributed by atoms with Gasteiger partial charge in [-0.15, -0.1) is 0 Å². The molecule has 4 atom stereocenters. The van der Waals surface area contributed by atoms with Crippen LogP contribution in [0, 0.1) is 23.7 Å². The summed E-state index contributed by atoms with van der Waals surface area (Å²) in [5, 5.41) is 0. The van der Waals surface area contributed by atoms with Crippen molar-refractivity contribution in [3.63, 3.8) is 0 Å². The second kappa shape index (κ2) is 8.34. The highest BCUT2D eigenvalue weighted by molar-refractivity contribution is 6.05. The number of likely N-dealkylation sites (tertiary alicyclic amines) is 2. The average molecular weight is 389 g/mol. The van der Waals surface area contributed by atoms with E-state index in [1.165, 1.54) is 9.80 Å². The van der Waals surface area contributed by atoms with Gasteiger partial charge in [0.05, 0.1) is 23.7 Å². The first kappa shape index (κ1) is 19.6. The van der Waals surface area contributed by atoms with Crippen molar-refractivity contribution in [1.82, 2.24) is 9.80 Å². The number of hydrogen-bond acceptors (Lipinski definition) is 4. The Morgan fingerprint density at radius 3 is 1.07 bits per heavy atom. The summed E-state index contributed by atoms with van der Waals surface area (Å²) in [5.41, 5.74) is 0. The molecule has 2 heterocycles. The van der Waals surface area contributed by atoms with Crippen molar-refractivity contribution in [3.05, 3.63) is 0 Å². The Balaban J connectivity index is 1.17. The van der Waals surface area contributed by atoms with Gasteiger partial charge in [0.15, 0.2) is 0 Å². The normalized spacial score (nSPS) is 32.9. The van der Waals surface area contributed by atoms with Crippen LogP contribution in [-0.2, 0) is 19.2 Å². The first-order valence-corrected chi connectivity index (χ1v) is 11.3. The van der Waals surface area contributed by atoms with E-state index in [1.807, 2.05) is 0 Å². The molecule has 2 aliphatic heterocycles. The quantitative estimate of drug-likeness (QED) is 0.496. The van der Waals surface area contributed by atoms with Crippen LogP contribution in [0.15, 0.2) is 0 Å². The van der Waals surface area contributed by atoms with Crippen molar-refractivity contribution >= 4 is 23.6 Å². The molecule has 0 spiro atoms. The number of amides is 4. The summed E-state index contributed by atoms with van der Waals surface area (Å²) in [7, 11) is 0. The highest BCUT2D eigenvalue weighted by Gasteiger charge is 2.48. The Labute approximate surface area is 167 Å². The molecule has 2 aliphatic carbocycles. The molecule has 0 N–H and O–H groups in total. The molecule has 4 rings (SSSR count). The largest absolute Gasteiger partial charge is 0.282 e. The van der Waals surface area contributed by atoms with Crippen LogP contribution in [0.25, 0.3) is 0 Å². The molecule has 6 heteroatoms. The van der Waals surface area contributed by atoms with Crippen molar-refractivity contribution in [3.8, 4) is 0 Å². The summed E-state index contributed by atoms with van der Waals surface area (Å²) in [5.74, 6) is -0.0461. The monoisotopic (exact) mass is 388 g/mol. The Morgan fingerprint density at radius 2 is 0.786 bits per heavy atom. The van der Waals surface area contributed by atoms with Crippen molar-refractivity contribution in [2.45, 2.75) is 77.0 Å². The number of fused-ring (bicyclic) bond motifs is 2. The number of unbranched alkanes of at least 4 members (excludes halogenated alkanes) is 3. The van der Waals surface area contributed by atoms with Crippen molar-refractivity contribution in [2.75, 3.05) is 13.1 Å². The van der Waals surface area contributed by atoms with Crippen LogP contribution < -0.4 is 0 Å². The Morgan fingerprint density at radius 1 is 0.500 bits per heavy atom. The lowest BCUT2D eigenvalue weighted by atomic mass is 9.81. The molecule has 2 saturated carbocycles. The number of carbonyl (C=O) groups excluding carboxylic acids is 4. The molecule has 6 nitrogen and oxygen atoms in total. The molecule has 2 saturated heterocycles. The lowest BCUT2D eigenvalue weighted by molar-refractivity contribution is -0.141. The minimum Gasteiger partial charge on any atom is -0.282 e. The molecule has 0 aromatic rings. The topological polar surface area (TPSA) is 74.8 Å². The minimum atomic E-state index is -0.0584. The van der Waals surface area contributed by atoms with E-state index in [2.05, 4.69) is 0 Å². The molecule has 4 fully saturated rings. The van der Waals surface area contributed by atoms with Crippen molar-refractivity contribution < 1.29 is 19.2 Å². The van der Waals surface area contributed by atoms with Gasteiger partial charge < -0.3 is 0 Å². The molecule has 154 valence electrons. The second-order valence-corrected chi connectivity index (χ2v) is 9.07. The second-order valence-electron chi connectivity index (χ2n) is 9.07. The third-order valence-corrected chi connectivity index (χ3v) is 7.38. The van der Waals surface area contributed by atoms with Gasteiger partial charge in [0.25, 0.3) is 0 Å². The van der Waals surface area contributed by atoms with Gasteiger partial charge in [-0.1, -0.05) is 38.5 Å². The highest BCUT2D eigenvalue weighted by atomic mass is 16.2. The van der Waals surface area contributed by atoms with Gasteiger partial charge in [-0.2, -0.15) is 0 Å². The molecule has 4 aliphatic rings. The molecule has 4 unspecified atom stereocenters. The number of carbonyl (C=O) groups is 4. The number of imide groups is 2. The summed E-state index contributed by atoms with van der Waals surface area (Å²) in [4.78, 5) is 52.9. The Kier molecular flexibility index (Phi) is 5.83. The summed E-state index contributed by atoms with van der Waals surface area (Å²) in [6.07, 6.45) is 11.1. The van der Waals surface area contributed by atoms with E-state index >= 15 is 0 Å². The Hall–Kier alpha value is -1.72. The molecule has 0 aromatic heterocycles. The van der Waals surface area contributed by atoms with Crippen LogP contribution in [0.1, 0.15) is 77.0 Å². The summed E-state index contributed by atoms with van der Waals surface area (Å²) < 4.78 is 0. The van der Waals surface area contributed by atoms with Crippen LogP contribution in [0.4, 0.5) is 0 Å². The van der Waals surface area contributed by atoms with Gasteiger partial charge in [-0.25, -0.2) is 0 Å². The first-order valence-electron chi connectivity index (χ1n) is 11.3. The van der Waals surface area contributed by atoms with Crippen molar-refractivity contribution in [1.29, 1.82) is 0 Å². The maximum Gasteiger partial charge on any atom is 0.233 e. The molecular formula is C22H32N2O4. The van der Waals surface area contributed by atoms with Gasteiger partial charge in [0, 0.05) is 13.1 Å². The maximum absolute atomic E-state index is 12.5. The molecule has 0 aromatic carbocycles. The van der Waals surface area contributed by atoms with Gasteiger partial charge in [0.1, 0.15) is 0 Å². The fourth-order valence-corrected chi connectivity index (χ4v) is 5.80. The molecule has 4 amide bonds. The number of nitrogens with zero attached hydrogens (tertiary/aromatic N) is 2. The zero-order chi connectivity index (χ0) is 19.7. The number of rotatable bonds is 7. The van der Waals surface area contributed by atoms with Gasteiger partial charge in [0.2, 0.25) is 23.6 Å². The van der Waals surface area contributed by atoms with Gasteiger partial charge in [-0.3, -0.25) is 29.0 Å². The molecule has 0 radical (unpaired) electrons. The van der Waals surface area contributed by atoms with E-state index < -0.39 is 0 Å². The van der Waals surface area contributed by atoms with Crippen LogP contribution >= 0.6 is 0 Å². The van der Waals surface area contributed by atoms with Crippen molar-refractivity contribution in [2.24, 2.45) is 23.7 Å². The SMILES string of the molecule is O=C1C2CCCCC2C(=O)N1CCCCCCN1C(=O)C2CCCCC2C1=O. The lowest BCUT2D eigenvalue weighted by Crippen LogP contribution is -2.32. The van der Waals surface area contributed by atoms with Crippen LogP contribution in [0.5, 0.6) is 0 Å². The van der Waals surface area contributed by atoms with Crippen LogP contribution in [0.3, 0.4) is 0 Å². The standard InChI is InChI=1S/C22H32N2O4/c25-19-15-9-3-4-10-16(15)20(26)23(19)13-7-1-2-8-14-24-21(27)17-11-5-6-12-18(17)22(24)28/h15-18H,1-14H2. The fourth-order valence-electron chi connectivity index (χ4n) is 5.80. The van der Waals surface area contributed by atoms with E-state index in [4.69, 9.17) is 0 Å². The summed E-state index contributed by atoms with van der Waals surface area (Å²) in [6, 6.07) is 0. The highest BCUT2D eigenvalue weighted by Crippen LogP contribution is 2.39. The average Bonchev–Trinajstić information content (AvgIpc) is 3.11. The van der Waals surface area contributed by atoms with E-state index in [-0.39, 0.29) is 47.3 Å². The maximum atomic E-state index is 12.5. The van der Waals surface area contributed by atoms with E-state index in [0.717, 1.165) is 77.0 Å². The van der Waals surface area contributed by atoms with E-state index in [9.17, 15) is 19.2 Å². The minimum absolute atomic E-state index is 0.0468.